The van der Waals surface area contributed by atoms with Gasteiger partial charge in [0.25, 0.3) is 5.91 Å². The monoisotopic (exact) mass is 781 g/mol. The number of alkyl carbamates (subject to hydrolysis) is 1. The number of ether oxygens (including phenoxy) is 3. The molecule has 3 aliphatic heterocycles. The summed E-state index contributed by atoms with van der Waals surface area (Å²) in [6.45, 7) is 9.99. The third-order valence-electron chi connectivity index (χ3n) is 11.7. The molecule has 6 aliphatic rings. The van der Waals surface area contributed by atoms with Crippen LogP contribution in [-0.2, 0) is 47.0 Å². The molecule has 1 aromatic rings. The Morgan fingerprint density at radius 2 is 1.82 bits per heavy atom. The summed E-state index contributed by atoms with van der Waals surface area (Å²) in [6.07, 6.45) is 7.49. The summed E-state index contributed by atoms with van der Waals surface area (Å²) in [5.74, 6) is -2.08. The molecule has 3 N–H and O–H groups in total. The van der Waals surface area contributed by atoms with Gasteiger partial charge in [-0.15, -0.1) is 6.58 Å². The van der Waals surface area contributed by atoms with Crippen molar-refractivity contribution in [3.8, 4) is 5.75 Å². The first-order valence-corrected chi connectivity index (χ1v) is 20.7. The molecule has 1 unspecified atom stereocenters. The summed E-state index contributed by atoms with van der Waals surface area (Å²) < 4.78 is 45.3. The predicted molar refractivity (Wildman–Crippen MR) is 199 cm³/mol. The van der Waals surface area contributed by atoms with Gasteiger partial charge in [-0.1, -0.05) is 51.1 Å². The average molecular weight is 782 g/mol. The number of fused-ring (bicyclic) bond motifs is 3. The van der Waals surface area contributed by atoms with Crippen molar-refractivity contribution in [2.45, 2.75) is 114 Å². The molecule has 0 radical (unpaired) electrons. The van der Waals surface area contributed by atoms with E-state index in [0.717, 1.165) is 36.8 Å². The molecule has 4 bridgehead atoms. The second kappa shape index (κ2) is 14.5. The van der Waals surface area contributed by atoms with Gasteiger partial charge in [-0.05, 0) is 62.0 Å². The Bertz CT molecular complexity index is 1900. The van der Waals surface area contributed by atoms with Gasteiger partial charge in [-0.3, -0.25) is 24.0 Å². The smallest absolute Gasteiger partial charge is 0.410 e. The molecule has 3 saturated carbocycles. The van der Waals surface area contributed by atoms with Gasteiger partial charge in [0, 0.05) is 29.9 Å². The molecule has 7 rings (SSSR count). The molecule has 5 atom stereocenters. The van der Waals surface area contributed by atoms with Crippen LogP contribution in [0.5, 0.6) is 5.75 Å². The van der Waals surface area contributed by atoms with E-state index in [1.807, 2.05) is 24.3 Å². The second-order valence-electron chi connectivity index (χ2n) is 17.0. The molecule has 1 saturated heterocycles. The van der Waals surface area contributed by atoms with E-state index in [2.05, 4.69) is 28.0 Å². The van der Waals surface area contributed by atoms with Crippen molar-refractivity contribution in [3.05, 3.63) is 54.1 Å². The number of cyclic esters (lactones) is 1. The fraction of sp³-hybridized carbons (Fsp3) is 0.615. The number of amides is 5. The van der Waals surface area contributed by atoms with Crippen molar-refractivity contribution in [2.24, 2.45) is 16.7 Å². The quantitative estimate of drug-likeness (QED) is 0.361. The predicted octanol–water partition coefficient (Wildman–Crippen LogP) is 3.43. The molecule has 15 nitrogen and oxygen atoms in total. The number of nitrogens with zero attached hydrogens (tertiary/aromatic N) is 2. The van der Waals surface area contributed by atoms with Gasteiger partial charge in [-0.2, -0.15) is 0 Å². The Morgan fingerprint density at radius 3 is 2.49 bits per heavy atom. The first kappa shape index (κ1) is 38.7. The Balaban J connectivity index is 1.15. The largest absolute Gasteiger partial charge is 0.489 e. The third-order valence-corrected chi connectivity index (χ3v) is 13.6. The van der Waals surface area contributed by atoms with Crippen molar-refractivity contribution in [2.75, 3.05) is 19.8 Å². The summed E-state index contributed by atoms with van der Waals surface area (Å²) in [5.41, 5.74) is -0.767. The van der Waals surface area contributed by atoms with Gasteiger partial charge < -0.3 is 29.7 Å². The van der Waals surface area contributed by atoms with Crippen LogP contribution in [0.3, 0.4) is 0 Å². The minimum Gasteiger partial charge on any atom is -0.489 e. The van der Waals surface area contributed by atoms with Gasteiger partial charge in [0.05, 0.1) is 24.9 Å². The maximum atomic E-state index is 14.5. The standard InChI is InChI=1S/C39H51N5O10S/c1-5-25-19-39(25,34(47)42-55(50,51)27-12-13-27)41-32(45)29-18-26-21-44(29)33(46)31(37(2,3)4)40-35(48)53-23-38(15-16-38)14-7-6-8-17-52-30-11-9-10-24-20-43(22-28(24)30)36(49)54-26/h5-6,8-11,25-27,29,31H,1,7,12-23H2,2-4H3,(H,40,48)(H,41,45)(H,42,47)/t25-,26+,29?,31+,39-/m0/s1. The van der Waals surface area contributed by atoms with E-state index in [4.69, 9.17) is 14.2 Å². The lowest BCUT2D eigenvalue weighted by molar-refractivity contribution is -0.143. The number of hydrogen-bond donors (Lipinski definition) is 3. The van der Waals surface area contributed by atoms with Crippen LogP contribution in [0.1, 0.15) is 83.3 Å². The lowest BCUT2D eigenvalue weighted by atomic mass is 9.85. The minimum atomic E-state index is -3.92. The van der Waals surface area contributed by atoms with E-state index in [-0.39, 0.29) is 44.5 Å². The molecule has 1 spiro atoms. The number of nitrogens with one attached hydrogen (secondary N) is 3. The van der Waals surface area contributed by atoms with Gasteiger partial charge in [0.15, 0.2) is 0 Å². The Morgan fingerprint density at radius 1 is 1.05 bits per heavy atom. The molecule has 1 aromatic carbocycles. The zero-order chi connectivity index (χ0) is 39.3. The van der Waals surface area contributed by atoms with E-state index in [9.17, 15) is 32.4 Å². The Labute approximate surface area is 321 Å². The maximum Gasteiger partial charge on any atom is 0.410 e. The van der Waals surface area contributed by atoms with Gasteiger partial charge in [0.1, 0.15) is 36.1 Å². The van der Waals surface area contributed by atoms with Crippen molar-refractivity contribution in [3.63, 3.8) is 0 Å². The lowest BCUT2D eigenvalue weighted by Crippen LogP contribution is -2.60. The van der Waals surface area contributed by atoms with Crippen molar-refractivity contribution in [1.82, 2.24) is 25.2 Å². The highest BCUT2D eigenvalue weighted by atomic mass is 32.2. The normalized spacial score (nSPS) is 29.5. The first-order chi connectivity index (χ1) is 26.0. The molecule has 4 fully saturated rings. The van der Waals surface area contributed by atoms with Crippen molar-refractivity contribution >= 4 is 39.9 Å². The summed E-state index contributed by atoms with van der Waals surface area (Å²) in [6, 6.07) is 3.29. The number of allylic oxidation sites excluding steroid dienone is 1. The maximum absolute atomic E-state index is 14.5. The number of hydrogen-bond acceptors (Lipinski definition) is 10. The molecule has 5 amide bonds. The third kappa shape index (κ3) is 8.19. The molecular formula is C39H51N5O10S. The number of carbonyl (C=O) groups is 5. The number of rotatable bonds is 6. The van der Waals surface area contributed by atoms with E-state index >= 15 is 0 Å². The Hall–Kier alpha value is -4.60. The van der Waals surface area contributed by atoms with Crippen LogP contribution in [0.25, 0.3) is 0 Å². The van der Waals surface area contributed by atoms with E-state index < -0.39 is 80.2 Å². The fourth-order valence-electron chi connectivity index (χ4n) is 7.82. The van der Waals surface area contributed by atoms with Gasteiger partial charge in [-0.25, -0.2) is 18.0 Å². The molecule has 3 aliphatic carbocycles. The number of sulfonamides is 1. The number of benzene rings is 1. The highest BCUT2D eigenvalue weighted by molar-refractivity contribution is 7.91. The zero-order valence-corrected chi connectivity index (χ0v) is 32.5. The van der Waals surface area contributed by atoms with Crippen molar-refractivity contribution in [1.29, 1.82) is 0 Å². The summed E-state index contributed by atoms with van der Waals surface area (Å²) >= 11 is 0. The van der Waals surface area contributed by atoms with Crippen LogP contribution < -0.4 is 20.1 Å². The zero-order valence-electron chi connectivity index (χ0n) is 31.6. The molecule has 0 aromatic heterocycles. The molecular weight excluding hydrogens is 731 g/mol. The van der Waals surface area contributed by atoms with E-state index in [0.29, 0.717) is 25.2 Å². The lowest BCUT2D eigenvalue weighted by Gasteiger charge is -2.35. The van der Waals surface area contributed by atoms with Crippen LogP contribution in [0.4, 0.5) is 9.59 Å². The van der Waals surface area contributed by atoms with E-state index in [1.165, 1.54) is 15.9 Å². The Kier molecular flexibility index (Phi) is 10.2. The van der Waals surface area contributed by atoms with Crippen LogP contribution in [-0.4, -0.2) is 96.9 Å². The van der Waals surface area contributed by atoms with Crippen LogP contribution in [0.15, 0.2) is 43.0 Å². The summed E-state index contributed by atoms with van der Waals surface area (Å²) in [7, 11) is -3.92. The topological polar surface area (TPSA) is 190 Å². The second-order valence-corrected chi connectivity index (χ2v) is 19.0. The highest BCUT2D eigenvalue weighted by Crippen LogP contribution is 2.50. The van der Waals surface area contributed by atoms with Crippen LogP contribution in [0, 0.1) is 16.7 Å². The van der Waals surface area contributed by atoms with Gasteiger partial charge in [0.2, 0.25) is 21.8 Å². The average Bonchev–Trinajstić information content (AvgIpc) is 4.08. The van der Waals surface area contributed by atoms with Gasteiger partial charge >= 0.3 is 12.2 Å². The minimum absolute atomic E-state index is 0.106. The van der Waals surface area contributed by atoms with Crippen LogP contribution in [0.2, 0.25) is 0 Å². The summed E-state index contributed by atoms with van der Waals surface area (Å²) in [4.78, 5) is 72.0. The summed E-state index contributed by atoms with van der Waals surface area (Å²) in [5, 5.41) is 4.84. The van der Waals surface area contributed by atoms with Crippen molar-refractivity contribution < 1.29 is 46.6 Å². The molecule has 3 heterocycles. The van der Waals surface area contributed by atoms with E-state index in [1.54, 1.807) is 20.8 Å². The number of carbonyl (C=O) groups excluding carboxylic acids is 5. The molecule has 55 heavy (non-hydrogen) atoms. The molecule has 298 valence electrons. The SMILES string of the molecule is C=C[C@H]1C[C@@]1(NC(=O)C1C[C@@H]2CN1C(=O)[C@H](C(C)(C)C)NC(=O)OCC1(CCC=CCOc3cccc4c3CN(C4)C(=O)O2)CC1)C(=O)NS(=O)(=O)C1CC1. The van der Waals surface area contributed by atoms with Crippen LogP contribution >= 0.6 is 0 Å². The highest BCUT2D eigenvalue weighted by Gasteiger charge is 2.62. The first-order valence-electron chi connectivity index (χ1n) is 19.1. The molecule has 16 heteroatoms. The fourth-order valence-corrected chi connectivity index (χ4v) is 9.18.